The predicted molar refractivity (Wildman–Crippen MR) is 56.5 cm³/mol. The Morgan fingerprint density at radius 1 is 1.20 bits per heavy atom. The molecule has 0 aliphatic carbocycles. The van der Waals surface area contributed by atoms with Gasteiger partial charge in [-0.05, 0) is 12.3 Å². The normalized spacial score (nSPS) is 12.6. The third kappa shape index (κ3) is 4.93. The van der Waals surface area contributed by atoms with Gasteiger partial charge >= 0.3 is 5.97 Å². The van der Waals surface area contributed by atoms with Crippen molar-refractivity contribution in [1.82, 2.24) is 0 Å². The molecule has 0 aromatic rings. The lowest BCUT2D eigenvalue weighted by Gasteiger charge is -2.16. The Morgan fingerprint density at radius 2 is 1.80 bits per heavy atom. The highest BCUT2D eigenvalue weighted by atomic mass is 16.5. The van der Waals surface area contributed by atoms with E-state index in [1.165, 1.54) is 7.11 Å². The molecular weight excluding hydrogens is 196 g/mol. The zero-order valence-corrected chi connectivity index (χ0v) is 9.91. The molecule has 4 heteroatoms. The van der Waals surface area contributed by atoms with Crippen LogP contribution in [0, 0.1) is 11.8 Å². The van der Waals surface area contributed by atoms with Crippen LogP contribution in [-0.4, -0.2) is 32.6 Å². The van der Waals surface area contributed by atoms with Crippen LogP contribution in [0.3, 0.4) is 0 Å². The summed E-state index contributed by atoms with van der Waals surface area (Å²) in [5.74, 6) is -1.15. The van der Waals surface area contributed by atoms with Gasteiger partial charge in [0.05, 0.1) is 7.11 Å². The van der Waals surface area contributed by atoms with E-state index in [1.807, 2.05) is 13.8 Å². The van der Waals surface area contributed by atoms with Gasteiger partial charge in [0.15, 0.2) is 0 Å². The molecule has 88 valence electrons. The molecule has 4 nitrogen and oxygen atoms in total. The van der Waals surface area contributed by atoms with E-state index in [1.54, 1.807) is 7.11 Å². The lowest BCUT2D eigenvalue weighted by molar-refractivity contribution is -0.151. The summed E-state index contributed by atoms with van der Waals surface area (Å²) >= 11 is 0. The summed E-state index contributed by atoms with van der Waals surface area (Å²) in [6, 6.07) is 0. The Morgan fingerprint density at radius 3 is 2.20 bits per heavy atom. The van der Waals surface area contributed by atoms with Gasteiger partial charge in [-0.2, -0.15) is 0 Å². The lowest BCUT2D eigenvalue weighted by Crippen LogP contribution is -2.30. The summed E-state index contributed by atoms with van der Waals surface area (Å²) in [6.45, 7) is 4.23. The molecule has 0 saturated carbocycles. The average Bonchev–Trinajstić information content (AvgIpc) is 2.17. The molecule has 0 N–H and O–H groups in total. The SMILES string of the molecule is COCCCC(=O)C(C(=O)OC)C(C)C. The van der Waals surface area contributed by atoms with Crippen molar-refractivity contribution in [2.24, 2.45) is 11.8 Å². The van der Waals surface area contributed by atoms with Crippen molar-refractivity contribution in [3.05, 3.63) is 0 Å². The Balaban J connectivity index is 4.24. The van der Waals surface area contributed by atoms with E-state index in [0.717, 1.165) is 0 Å². The molecule has 0 aromatic carbocycles. The Labute approximate surface area is 90.9 Å². The van der Waals surface area contributed by atoms with Crippen molar-refractivity contribution in [3.8, 4) is 0 Å². The van der Waals surface area contributed by atoms with Crippen molar-refractivity contribution in [2.45, 2.75) is 26.7 Å². The molecule has 15 heavy (non-hydrogen) atoms. The number of hydrogen-bond donors (Lipinski definition) is 0. The molecule has 1 unspecified atom stereocenters. The van der Waals surface area contributed by atoms with Crippen LogP contribution >= 0.6 is 0 Å². The maximum Gasteiger partial charge on any atom is 0.316 e. The molecule has 0 heterocycles. The number of ether oxygens (including phenoxy) is 2. The second-order valence-electron chi connectivity index (χ2n) is 3.81. The number of rotatable bonds is 7. The summed E-state index contributed by atoms with van der Waals surface area (Å²) in [4.78, 5) is 23.1. The molecular formula is C11H20O4. The van der Waals surface area contributed by atoms with Crippen LogP contribution in [0.5, 0.6) is 0 Å². The highest BCUT2D eigenvalue weighted by molar-refractivity contribution is 5.99. The number of ketones is 1. The van der Waals surface area contributed by atoms with Crippen LogP contribution in [0.2, 0.25) is 0 Å². The monoisotopic (exact) mass is 216 g/mol. The minimum absolute atomic E-state index is 0.0208. The van der Waals surface area contributed by atoms with Gasteiger partial charge in [-0.3, -0.25) is 9.59 Å². The van der Waals surface area contributed by atoms with Gasteiger partial charge in [0, 0.05) is 20.1 Å². The van der Waals surface area contributed by atoms with E-state index in [9.17, 15) is 9.59 Å². The van der Waals surface area contributed by atoms with Crippen LogP contribution in [-0.2, 0) is 19.1 Å². The maximum absolute atomic E-state index is 11.7. The first-order valence-electron chi connectivity index (χ1n) is 5.14. The minimum atomic E-state index is -0.633. The summed E-state index contributed by atoms with van der Waals surface area (Å²) in [5, 5.41) is 0. The molecule has 0 radical (unpaired) electrons. The van der Waals surface area contributed by atoms with Crippen LogP contribution < -0.4 is 0 Å². The quantitative estimate of drug-likeness (QED) is 0.367. The topological polar surface area (TPSA) is 52.6 Å². The number of Topliss-reactive ketones (excluding diaryl/α,β-unsaturated/α-hetero) is 1. The van der Waals surface area contributed by atoms with Gasteiger partial charge in [-0.25, -0.2) is 0 Å². The first-order chi connectivity index (χ1) is 7.04. The largest absolute Gasteiger partial charge is 0.468 e. The van der Waals surface area contributed by atoms with Crippen LogP contribution in [0.15, 0.2) is 0 Å². The number of carbonyl (C=O) groups excluding carboxylic acids is 2. The van der Waals surface area contributed by atoms with E-state index in [2.05, 4.69) is 4.74 Å². The number of carbonyl (C=O) groups is 2. The second kappa shape index (κ2) is 7.40. The van der Waals surface area contributed by atoms with Crippen LogP contribution in [0.1, 0.15) is 26.7 Å². The van der Waals surface area contributed by atoms with E-state index in [4.69, 9.17) is 4.74 Å². The van der Waals surface area contributed by atoms with E-state index < -0.39 is 11.9 Å². The fourth-order valence-electron chi connectivity index (χ4n) is 1.45. The summed E-state index contributed by atoms with van der Waals surface area (Å²) in [5.41, 5.74) is 0. The van der Waals surface area contributed by atoms with Crippen molar-refractivity contribution in [3.63, 3.8) is 0 Å². The average molecular weight is 216 g/mol. The summed E-state index contributed by atoms with van der Waals surface area (Å²) < 4.78 is 9.46. The minimum Gasteiger partial charge on any atom is -0.468 e. The molecule has 0 aliphatic heterocycles. The zero-order chi connectivity index (χ0) is 11.8. The first kappa shape index (κ1) is 14.1. The van der Waals surface area contributed by atoms with Crippen LogP contribution in [0.4, 0.5) is 0 Å². The third-order valence-electron chi connectivity index (χ3n) is 2.24. The molecule has 0 saturated heterocycles. The lowest BCUT2D eigenvalue weighted by atomic mass is 9.89. The third-order valence-corrected chi connectivity index (χ3v) is 2.24. The fraction of sp³-hybridized carbons (Fsp3) is 0.818. The zero-order valence-electron chi connectivity index (χ0n) is 9.91. The van der Waals surface area contributed by atoms with Crippen LogP contribution in [0.25, 0.3) is 0 Å². The smallest absolute Gasteiger partial charge is 0.316 e. The van der Waals surface area contributed by atoms with Crippen molar-refractivity contribution in [2.75, 3.05) is 20.8 Å². The summed E-state index contributed by atoms with van der Waals surface area (Å²) in [6.07, 6.45) is 1.02. The molecule has 0 spiro atoms. The fourth-order valence-corrected chi connectivity index (χ4v) is 1.45. The molecule has 0 aromatic heterocycles. The van der Waals surface area contributed by atoms with Gasteiger partial charge < -0.3 is 9.47 Å². The van der Waals surface area contributed by atoms with Gasteiger partial charge in [0.25, 0.3) is 0 Å². The van der Waals surface area contributed by atoms with E-state index >= 15 is 0 Å². The van der Waals surface area contributed by atoms with Crippen molar-refractivity contribution >= 4 is 11.8 Å². The molecule has 1 atom stereocenters. The van der Waals surface area contributed by atoms with E-state index in [0.29, 0.717) is 19.4 Å². The first-order valence-corrected chi connectivity index (χ1v) is 5.14. The van der Waals surface area contributed by atoms with Gasteiger partial charge in [0.1, 0.15) is 11.7 Å². The predicted octanol–water partition coefficient (Wildman–Crippen LogP) is 1.43. The Hall–Kier alpha value is -0.900. The maximum atomic E-state index is 11.7. The second-order valence-corrected chi connectivity index (χ2v) is 3.81. The number of methoxy groups -OCH3 is 2. The molecule has 0 bridgehead atoms. The van der Waals surface area contributed by atoms with Gasteiger partial charge in [0.2, 0.25) is 0 Å². The number of hydrogen-bond acceptors (Lipinski definition) is 4. The standard InChI is InChI=1S/C11H20O4/c1-8(2)10(11(13)15-4)9(12)6-5-7-14-3/h8,10H,5-7H2,1-4H3. The summed E-state index contributed by atoms with van der Waals surface area (Å²) in [7, 11) is 2.89. The van der Waals surface area contributed by atoms with Gasteiger partial charge in [-0.1, -0.05) is 13.8 Å². The number of esters is 1. The highest BCUT2D eigenvalue weighted by Gasteiger charge is 2.29. The highest BCUT2D eigenvalue weighted by Crippen LogP contribution is 2.16. The Kier molecular flexibility index (Phi) is 6.96. The molecule has 0 fully saturated rings. The van der Waals surface area contributed by atoms with Crippen molar-refractivity contribution < 1.29 is 19.1 Å². The van der Waals surface area contributed by atoms with Crippen molar-refractivity contribution in [1.29, 1.82) is 0 Å². The van der Waals surface area contributed by atoms with Gasteiger partial charge in [-0.15, -0.1) is 0 Å². The molecule has 0 rings (SSSR count). The van der Waals surface area contributed by atoms with E-state index in [-0.39, 0.29) is 11.7 Å². The molecule has 0 aliphatic rings. The molecule has 0 amide bonds. The Bertz CT molecular complexity index is 211.